The third-order valence-corrected chi connectivity index (χ3v) is 7.29. The van der Waals surface area contributed by atoms with E-state index >= 15 is 0 Å². The molecule has 0 unspecified atom stereocenters. The van der Waals surface area contributed by atoms with Gasteiger partial charge in [0.1, 0.15) is 0 Å². The highest BCUT2D eigenvalue weighted by molar-refractivity contribution is 5.93. The second kappa shape index (κ2) is 12.4. The molecule has 0 spiro atoms. The SMILES string of the molecule is CC(C)(C)c1ccc(N=Cc2cc(C=Nc3ccc(C(C)(C)C)cc3)cc(C=Nc3ccc(C(C)(C)C)cc3)c2)cc1. The highest BCUT2D eigenvalue weighted by Crippen LogP contribution is 2.27. The van der Waals surface area contributed by atoms with Gasteiger partial charge in [0.05, 0.1) is 17.1 Å². The maximum atomic E-state index is 4.77. The lowest BCUT2D eigenvalue weighted by Crippen LogP contribution is -2.10. The van der Waals surface area contributed by atoms with Crippen LogP contribution in [0.15, 0.2) is 106 Å². The molecule has 42 heavy (non-hydrogen) atoms. The molecule has 0 N–H and O–H groups in total. The summed E-state index contributed by atoms with van der Waals surface area (Å²) in [5.74, 6) is 0. The van der Waals surface area contributed by atoms with Crippen LogP contribution in [0.25, 0.3) is 0 Å². The zero-order chi connectivity index (χ0) is 30.5. The molecule has 0 saturated heterocycles. The minimum absolute atomic E-state index is 0.115. The molecular formula is C39H45N3. The first kappa shape index (κ1) is 30.8. The van der Waals surface area contributed by atoms with Crippen molar-refractivity contribution in [1.82, 2.24) is 0 Å². The fraction of sp³-hybridized carbons (Fsp3) is 0.308. The molecule has 0 amide bonds. The predicted molar refractivity (Wildman–Crippen MR) is 184 cm³/mol. The Morgan fingerprint density at radius 1 is 0.357 bits per heavy atom. The Morgan fingerprint density at radius 3 is 0.762 bits per heavy atom. The molecule has 0 bridgehead atoms. The van der Waals surface area contributed by atoms with Crippen LogP contribution in [0.2, 0.25) is 0 Å². The number of hydrogen-bond donors (Lipinski definition) is 0. The Labute approximate surface area is 253 Å². The van der Waals surface area contributed by atoms with Crippen LogP contribution >= 0.6 is 0 Å². The summed E-state index contributed by atoms with van der Waals surface area (Å²) in [6.45, 7) is 20.0. The van der Waals surface area contributed by atoms with E-state index in [4.69, 9.17) is 15.0 Å². The molecule has 0 radical (unpaired) electrons. The zero-order valence-corrected chi connectivity index (χ0v) is 26.7. The fourth-order valence-corrected chi connectivity index (χ4v) is 4.52. The van der Waals surface area contributed by atoms with Crippen molar-refractivity contribution < 1.29 is 0 Å². The van der Waals surface area contributed by atoms with Crippen LogP contribution in [-0.2, 0) is 16.2 Å². The van der Waals surface area contributed by atoms with E-state index < -0.39 is 0 Å². The molecule has 3 nitrogen and oxygen atoms in total. The molecule has 4 aromatic rings. The van der Waals surface area contributed by atoms with Gasteiger partial charge in [-0.15, -0.1) is 0 Å². The smallest absolute Gasteiger partial charge is 0.0630 e. The van der Waals surface area contributed by atoms with Crippen molar-refractivity contribution in [1.29, 1.82) is 0 Å². The van der Waals surface area contributed by atoms with Gasteiger partial charge in [0, 0.05) is 18.6 Å². The topological polar surface area (TPSA) is 37.1 Å². The van der Waals surface area contributed by atoms with Crippen molar-refractivity contribution in [2.45, 2.75) is 78.6 Å². The van der Waals surface area contributed by atoms with Crippen LogP contribution in [-0.4, -0.2) is 18.6 Å². The van der Waals surface area contributed by atoms with Crippen molar-refractivity contribution >= 4 is 35.7 Å². The summed E-state index contributed by atoms with van der Waals surface area (Å²) in [6, 6.07) is 31.7. The van der Waals surface area contributed by atoms with Crippen molar-refractivity contribution in [3.05, 3.63) is 124 Å². The molecule has 4 rings (SSSR count). The van der Waals surface area contributed by atoms with Crippen LogP contribution in [0.3, 0.4) is 0 Å². The lowest BCUT2D eigenvalue weighted by molar-refractivity contribution is 0.590. The monoisotopic (exact) mass is 555 g/mol. The molecule has 3 heteroatoms. The summed E-state index contributed by atoms with van der Waals surface area (Å²) < 4.78 is 0. The third-order valence-electron chi connectivity index (χ3n) is 7.29. The Hall–Kier alpha value is -4.11. The molecule has 0 aliphatic rings. The van der Waals surface area contributed by atoms with Gasteiger partial charge in [-0.2, -0.15) is 0 Å². The molecule has 0 aromatic heterocycles. The number of aliphatic imine (C=N–C) groups is 3. The van der Waals surface area contributed by atoms with E-state index in [1.54, 1.807) is 0 Å². The number of nitrogens with zero attached hydrogens (tertiary/aromatic N) is 3. The Morgan fingerprint density at radius 2 is 0.571 bits per heavy atom. The maximum Gasteiger partial charge on any atom is 0.0630 e. The van der Waals surface area contributed by atoms with Crippen LogP contribution in [0, 0.1) is 0 Å². The number of rotatable bonds is 6. The van der Waals surface area contributed by atoms with Crippen molar-refractivity contribution in [2.24, 2.45) is 15.0 Å². The molecule has 0 atom stereocenters. The molecule has 4 aromatic carbocycles. The van der Waals surface area contributed by atoms with Crippen LogP contribution in [0.5, 0.6) is 0 Å². The Balaban J connectivity index is 1.63. The lowest BCUT2D eigenvalue weighted by atomic mass is 9.87. The van der Waals surface area contributed by atoms with E-state index in [-0.39, 0.29) is 16.2 Å². The summed E-state index contributed by atoms with van der Waals surface area (Å²) >= 11 is 0. The third kappa shape index (κ3) is 8.69. The molecule has 0 fully saturated rings. The normalized spacial score (nSPS) is 13.1. The van der Waals surface area contributed by atoms with E-state index in [0.717, 1.165) is 33.8 Å². The molecule has 0 heterocycles. The summed E-state index contributed by atoms with van der Waals surface area (Å²) in [5, 5.41) is 0. The number of benzene rings is 4. The Bertz CT molecular complexity index is 1360. The first-order chi connectivity index (χ1) is 19.7. The highest BCUT2D eigenvalue weighted by Gasteiger charge is 2.14. The summed E-state index contributed by atoms with van der Waals surface area (Å²) in [6.07, 6.45) is 5.74. The van der Waals surface area contributed by atoms with Crippen molar-refractivity contribution in [3.8, 4) is 0 Å². The van der Waals surface area contributed by atoms with Gasteiger partial charge < -0.3 is 0 Å². The first-order valence-electron chi connectivity index (χ1n) is 14.8. The van der Waals surface area contributed by atoms with Crippen LogP contribution in [0.1, 0.15) is 95.7 Å². The van der Waals surface area contributed by atoms with Gasteiger partial charge in [-0.1, -0.05) is 98.7 Å². The van der Waals surface area contributed by atoms with Crippen molar-refractivity contribution in [2.75, 3.05) is 0 Å². The van der Waals surface area contributed by atoms with E-state index in [1.165, 1.54) is 16.7 Å². The lowest BCUT2D eigenvalue weighted by Gasteiger charge is -2.18. The predicted octanol–water partition coefficient (Wildman–Crippen LogP) is 10.8. The second-order valence-electron chi connectivity index (χ2n) is 14.1. The standard InChI is InChI=1S/C39H45N3/c1-37(2,3)31-10-16-34(17-11-31)40-25-28-22-29(26-41-35-18-12-32(13-19-35)38(4,5)6)24-30(23-28)27-42-36-20-14-33(15-21-36)39(7,8)9/h10-27H,1-9H3. The molecule has 0 aliphatic carbocycles. The van der Waals surface area contributed by atoms with Crippen LogP contribution in [0.4, 0.5) is 17.1 Å². The van der Waals surface area contributed by atoms with Gasteiger partial charge >= 0.3 is 0 Å². The first-order valence-corrected chi connectivity index (χ1v) is 14.8. The van der Waals surface area contributed by atoms with Gasteiger partial charge in [0.15, 0.2) is 0 Å². The van der Waals surface area contributed by atoms with Gasteiger partial charge in [0.25, 0.3) is 0 Å². The van der Waals surface area contributed by atoms with Gasteiger partial charge in [-0.25, -0.2) is 0 Å². The van der Waals surface area contributed by atoms with E-state index in [2.05, 4.69) is 153 Å². The van der Waals surface area contributed by atoms with E-state index in [0.29, 0.717) is 0 Å². The molecule has 0 aliphatic heterocycles. The average molecular weight is 556 g/mol. The van der Waals surface area contributed by atoms with Gasteiger partial charge in [-0.05, 0) is 104 Å². The minimum Gasteiger partial charge on any atom is -0.256 e. The zero-order valence-electron chi connectivity index (χ0n) is 26.7. The molecular weight excluding hydrogens is 510 g/mol. The second-order valence-corrected chi connectivity index (χ2v) is 14.1. The average Bonchev–Trinajstić information content (AvgIpc) is 2.93. The summed E-state index contributed by atoms with van der Waals surface area (Å²) in [7, 11) is 0. The van der Waals surface area contributed by atoms with E-state index in [9.17, 15) is 0 Å². The van der Waals surface area contributed by atoms with E-state index in [1.807, 2.05) is 18.6 Å². The highest BCUT2D eigenvalue weighted by atomic mass is 14.7. The molecule has 0 saturated carbocycles. The Kier molecular flexibility index (Phi) is 9.11. The molecule has 216 valence electrons. The summed E-state index contributed by atoms with van der Waals surface area (Å²) in [5.41, 5.74) is 9.99. The number of hydrogen-bond acceptors (Lipinski definition) is 3. The fourth-order valence-electron chi connectivity index (χ4n) is 4.52. The van der Waals surface area contributed by atoms with Crippen molar-refractivity contribution in [3.63, 3.8) is 0 Å². The minimum atomic E-state index is 0.115. The maximum absolute atomic E-state index is 4.77. The van der Waals surface area contributed by atoms with Gasteiger partial charge in [0.2, 0.25) is 0 Å². The quantitative estimate of drug-likeness (QED) is 0.212. The summed E-state index contributed by atoms with van der Waals surface area (Å²) in [4.78, 5) is 14.3. The van der Waals surface area contributed by atoms with Crippen LogP contribution < -0.4 is 0 Å². The van der Waals surface area contributed by atoms with Gasteiger partial charge in [-0.3, -0.25) is 15.0 Å². The largest absolute Gasteiger partial charge is 0.256 e.